The van der Waals surface area contributed by atoms with Gasteiger partial charge in [-0.3, -0.25) is 14.5 Å². The fourth-order valence-electron chi connectivity index (χ4n) is 4.01. The first-order valence-electron chi connectivity index (χ1n) is 9.50. The van der Waals surface area contributed by atoms with E-state index in [9.17, 15) is 9.59 Å². The van der Waals surface area contributed by atoms with E-state index in [0.717, 1.165) is 62.9 Å². The minimum absolute atomic E-state index is 0.0396. The van der Waals surface area contributed by atoms with Crippen LogP contribution in [0.5, 0.6) is 0 Å². The van der Waals surface area contributed by atoms with Crippen molar-refractivity contribution >= 4 is 23.2 Å². The molecule has 1 saturated carbocycles. The number of aryl methyl sites for hydroxylation is 1. The molecule has 136 valence electrons. The van der Waals surface area contributed by atoms with Gasteiger partial charge in [-0.1, -0.05) is 0 Å². The summed E-state index contributed by atoms with van der Waals surface area (Å²) < 4.78 is 0. The van der Waals surface area contributed by atoms with E-state index < -0.39 is 0 Å². The van der Waals surface area contributed by atoms with Gasteiger partial charge in [-0.25, -0.2) is 0 Å². The van der Waals surface area contributed by atoms with Gasteiger partial charge in [0.05, 0.1) is 10.9 Å². The average Bonchev–Trinajstić information content (AvgIpc) is 3.28. The van der Waals surface area contributed by atoms with E-state index in [0.29, 0.717) is 5.91 Å². The van der Waals surface area contributed by atoms with Gasteiger partial charge < -0.3 is 9.80 Å². The second kappa shape index (κ2) is 7.08. The Kier molecular flexibility index (Phi) is 4.82. The number of carbonyl (C=O) groups is 2. The first-order valence-corrected chi connectivity index (χ1v) is 10.3. The zero-order valence-electron chi connectivity index (χ0n) is 14.9. The van der Waals surface area contributed by atoms with E-state index in [1.165, 1.54) is 17.7 Å². The highest BCUT2D eigenvalue weighted by atomic mass is 32.1. The van der Waals surface area contributed by atoms with Crippen LogP contribution in [0.15, 0.2) is 12.1 Å². The number of thiophene rings is 1. The van der Waals surface area contributed by atoms with Crippen LogP contribution in [0.2, 0.25) is 0 Å². The van der Waals surface area contributed by atoms with Gasteiger partial charge in [0, 0.05) is 44.1 Å². The molecule has 2 aliphatic heterocycles. The topological polar surface area (TPSA) is 43.9 Å². The maximum absolute atomic E-state index is 12.7. The SMILES string of the molecule is Cc1ccc(C(=O)N2CCCN([C@H]3CCN(CC4CC4)C3=O)CC2)s1. The molecule has 2 amide bonds. The lowest BCUT2D eigenvalue weighted by atomic mass is 10.2. The number of hydrogen-bond acceptors (Lipinski definition) is 4. The summed E-state index contributed by atoms with van der Waals surface area (Å²) in [7, 11) is 0. The number of likely N-dealkylation sites (tertiary alicyclic amines) is 1. The lowest BCUT2D eigenvalue weighted by molar-refractivity contribution is -0.132. The number of nitrogens with zero attached hydrogens (tertiary/aromatic N) is 3. The van der Waals surface area contributed by atoms with Gasteiger partial charge in [0.2, 0.25) is 5.91 Å². The third kappa shape index (κ3) is 3.75. The second-order valence-corrected chi connectivity index (χ2v) is 8.91. The third-order valence-electron chi connectivity index (χ3n) is 5.65. The number of carbonyl (C=O) groups excluding carboxylic acids is 2. The summed E-state index contributed by atoms with van der Waals surface area (Å²) in [4.78, 5) is 33.8. The van der Waals surface area contributed by atoms with Gasteiger partial charge in [-0.15, -0.1) is 11.3 Å². The standard InChI is InChI=1S/C19H27N3O2S/c1-14-3-6-17(25-14)19(24)21-9-2-8-20(11-12-21)16-7-10-22(18(16)23)13-15-4-5-15/h3,6,15-16H,2,4-5,7-13H2,1H3/t16-/m0/s1. The molecule has 0 unspecified atom stereocenters. The van der Waals surface area contributed by atoms with Crippen molar-refractivity contribution in [2.75, 3.05) is 39.3 Å². The van der Waals surface area contributed by atoms with Crippen LogP contribution in [0.4, 0.5) is 0 Å². The average molecular weight is 362 g/mol. The zero-order chi connectivity index (χ0) is 17.4. The van der Waals surface area contributed by atoms with Crippen LogP contribution < -0.4 is 0 Å². The molecule has 0 bridgehead atoms. The molecular weight excluding hydrogens is 334 g/mol. The minimum Gasteiger partial charge on any atom is -0.341 e. The van der Waals surface area contributed by atoms with Crippen molar-refractivity contribution in [3.63, 3.8) is 0 Å². The van der Waals surface area contributed by atoms with Crippen LogP contribution in [-0.2, 0) is 4.79 Å². The number of amides is 2. The highest BCUT2D eigenvalue weighted by molar-refractivity contribution is 7.13. The van der Waals surface area contributed by atoms with Crippen LogP contribution in [0, 0.1) is 12.8 Å². The monoisotopic (exact) mass is 361 g/mol. The van der Waals surface area contributed by atoms with E-state index >= 15 is 0 Å². The molecule has 0 N–H and O–H groups in total. The molecule has 0 radical (unpaired) electrons. The fourth-order valence-corrected chi connectivity index (χ4v) is 4.85. The number of rotatable bonds is 4. The molecule has 5 nitrogen and oxygen atoms in total. The smallest absolute Gasteiger partial charge is 0.263 e. The maximum Gasteiger partial charge on any atom is 0.263 e. The Bertz CT molecular complexity index is 655. The minimum atomic E-state index is 0.0396. The summed E-state index contributed by atoms with van der Waals surface area (Å²) in [6.07, 6.45) is 4.47. The molecule has 0 aromatic carbocycles. The lowest BCUT2D eigenvalue weighted by Gasteiger charge is -2.26. The van der Waals surface area contributed by atoms with Crippen LogP contribution in [-0.4, -0.2) is 71.8 Å². The molecule has 6 heteroatoms. The van der Waals surface area contributed by atoms with Crippen molar-refractivity contribution in [3.05, 3.63) is 21.9 Å². The first-order chi connectivity index (χ1) is 12.1. The van der Waals surface area contributed by atoms with Crippen LogP contribution in [0.25, 0.3) is 0 Å². The predicted molar refractivity (Wildman–Crippen MR) is 98.9 cm³/mol. The zero-order valence-corrected chi connectivity index (χ0v) is 15.8. The molecule has 1 aromatic heterocycles. The third-order valence-corrected chi connectivity index (χ3v) is 6.64. The van der Waals surface area contributed by atoms with Crippen LogP contribution >= 0.6 is 11.3 Å². The molecule has 3 fully saturated rings. The summed E-state index contributed by atoms with van der Waals surface area (Å²) in [6, 6.07) is 3.98. The maximum atomic E-state index is 12.7. The quantitative estimate of drug-likeness (QED) is 0.826. The summed E-state index contributed by atoms with van der Waals surface area (Å²) in [5.41, 5.74) is 0. The van der Waals surface area contributed by atoms with E-state index in [1.807, 2.05) is 24.0 Å². The Balaban J connectivity index is 1.35. The molecule has 1 atom stereocenters. The Labute approximate surface area is 153 Å². The van der Waals surface area contributed by atoms with E-state index in [-0.39, 0.29) is 11.9 Å². The molecular formula is C19H27N3O2S. The van der Waals surface area contributed by atoms with Crippen molar-refractivity contribution in [1.29, 1.82) is 0 Å². The highest BCUT2D eigenvalue weighted by Crippen LogP contribution is 2.32. The summed E-state index contributed by atoms with van der Waals surface area (Å²) >= 11 is 1.57. The first kappa shape index (κ1) is 17.0. The number of hydrogen-bond donors (Lipinski definition) is 0. The van der Waals surface area contributed by atoms with Gasteiger partial charge in [-0.05, 0) is 50.7 Å². The van der Waals surface area contributed by atoms with Gasteiger partial charge in [-0.2, -0.15) is 0 Å². The van der Waals surface area contributed by atoms with Crippen LogP contribution in [0.1, 0.15) is 40.2 Å². The van der Waals surface area contributed by atoms with Crippen molar-refractivity contribution in [1.82, 2.24) is 14.7 Å². The van der Waals surface area contributed by atoms with Crippen molar-refractivity contribution < 1.29 is 9.59 Å². The van der Waals surface area contributed by atoms with Gasteiger partial charge >= 0.3 is 0 Å². The van der Waals surface area contributed by atoms with Gasteiger partial charge in [0.15, 0.2) is 0 Å². The lowest BCUT2D eigenvalue weighted by Crippen LogP contribution is -2.44. The Morgan fingerprint density at radius 2 is 1.96 bits per heavy atom. The van der Waals surface area contributed by atoms with E-state index in [1.54, 1.807) is 11.3 Å². The van der Waals surface area contributed by atoms with Crippen molar-refractivity contribution in [3.8, 4) is 0 Å². The van der Waals surface area contributed by atoms with Gasteiger partial charge in [0.25, 0.3) is 5.91 Å². The molecule has 25 heavy (non-hydrogen) atoms. The Hall–Kier alpha value is -1.40. The molecule has 1 aromatic rings. The summed E-state index contributed by atoms with van der Waals surface area (Å²) in [5.74, 6) is 1.22. The largest absolute Gasteiger partial charge is 0.341 e. The molecule has 3 heterocycles. The highest BCUT2D eigenvalue weighted by Gasteiger charge is 2.38. The fraction of sp³-hybridized carbons (Fsp3) is 0.684. The molecule has 3 aliphatic rings. The molecule has 4 rings (SSSR count). The van der Waals surface area contributed by atoms with Crippen molar-refractivity contribution in [2.24, 2.45) is 5.92 Å². The molecule has 2 saturated heterocycles. The normalized spacial score (nSPS) is 25.5. The molecule has 0 spiro atoms. The summed E-state index contributed by atoms with van der Waals surface area (Å²) in [6.45, 7) is 7.15. The predicted octanol–water partition coefficient (Wildman–Crippen LogP) is 2.22. The summed E-state index contributed by atoms with van der Waals surface area (Å²) in [5, 5.41) is 0. The second-order valence-electron chi connectivity index (χ2n) is 7.62. The van der Waals surface area contributed by atoms with Crippen molar-refractivity contribution in [2.45, 2.75) is 38.6 Å². The van der Waals surface area contributed by atoms with E-state index in [2.05, 4.69) is 9.80 Å². The Morgan fingerprint density at radius 3 is 2.68 bits per heavy atom. The molecule has 1 aliphatic carbocycles. The Morgan fingerprint density at radius 1 is 1.12 bits per heavy atom. The van der Waals surface area contributed by atoms with Gasteiger partial charge in [0.1, 0.15) is 0 Å². The van der Waals surface area contributed by atoms with Crippen LogP contribution in [0.3, 0.4) is 0 Å². The van der Waals surface area contributed by atoms with E-state index in [4.69, 9.17) is 0 Å².